The number of carboxylic acids is 1. The first-order valence-corrected chi connectivity index (χ1v) is 8.47. The molecule has 10 heteroatoms. The second kappa shape index (κ2) is 11.4. The van der Waals surface area contributed by atoms with Crippen LogP contribution >= 0.6 is 0 Å². The van der Waals surface area contributed by atoms with Crippen LogP contribution in [0.4, 0.5) is 0 Å². The Hall–Kier alpha value is -2.20. The van der Waals surface area contributed by atoms with E-state index in [9.17, 15) is 19.2 Å². The number of amides is 3. The summed E-state index contributed by atoms with van der Waals surface area (Å²) in [5.74, 6) is -3.43. The number of carbonyl (C=O) groups excluding carboxylic acids is 3. The van der Waals surface area contributed by atoms with Gasteiger partial charge in [0.15, 0.2) is 0 Å². The van der Waals surface area contributed by atoms with Gasteiger partial charge in [-0.25, -0.2) is 4.79 Å². The van der Waals surface area contributed by atoms with E-state index in [4.69, 9.17) is 15.9 Å². The molecule has 0 aromatic heterocycles. The van der Waals surface area contributed by atoms with Crippen molar-refractivity contribution >= 4 is 23.7 Å². The van der Waals surface area contributed by atoms with Gasteiger partial charge in [0.2, 0.25) is 17.7 Å². The predicted molar refractivity (Wildman–Crippen MR) is 93.9 cm³/mol. The first-order valence-electron chi connectivity index (χ1n) is 8.47. The molecule has 0 aliphatic rings. The maximum absolute atomic E-state index is 12.5. The van der Waals surface area contributed by atoms with Crippen LogP contribution in [0.5, 0.6) is 0 Å². The van der Waals surface area contributed by atoms with Gasteiger partial charge in [0.25, 0.3) is 0 Å². The van der Waals surface area contributed by atoms with Crippen molar-refractivity contribution in [2.75, 3.05) is 13.2 Å². The fraction of sp³-hybridized carbons (Fsp3) is 0.750. The first kappa shape index (κ1) is 23.8. The Morgan fingerprint density at radius 3 is 1.88 bits per heavy atom. The van der Waals surface area contributed by atoms with Gasteiger partial charge in [0.1, 0.15) is 18.1 Å². The topological polar surface area (TPSA) is 171 Å². The molecule has 0 aliphatic heterocycles. The normalized spacial score (nSPS) is 14.5. The Balaban J connectivity index is 5.19. The van der Waals surface area contributed by atoms with Crippen molar-refractivity contribution in [3.8, 4) is 0 Å². The fourth-order valence-electron chi connectivity index (χ4n) is 2.19. The number of nitrogens with one attached hydrogen (secondary N) is 3. The zero-order valence-electron chi connectivity index (χ0n) is 15.6. The highest BCUT2D eigenvalue weighted by Gasteiger charge is 2.31. The van der Waals surface area contributed by atoms with Crippen LogP contribution in [0, 0.1) is 11.8 Å². The quantitative estimate of drug-likeness (QED) is 0.247. The van der Waals surface area contributed by atoms with Gasteiger partial charge in [-0.3, -0.25) is 14.4 Å². The first-order chi connectivity index (χ1) is 12.0. The van der Waals surface area contributed by atoms with Crippen molar-refractivity contribution < 1.29 is 29.4 Å². The number of aliphatic hydroxyl groups excluding tert-OH is 1. The number of hydrogen-bond acceptors (Lipinski definition) is 6. The van der Waals surface area contributed by atoms with Crippen molar-refractivity contribution in [2.45, 2.75) is 52.2 Å². The lowest BCUT2D eigenvalue weighted by atomic mass is 9.99. The van der Waals surface area contributed by atoms with Gasteiger partial charge >= 0.3 is 5.97 Å². The van der Waals surface area contributed by atoms with Gasteiger partial charge in [0, 0.05) is 0 Å². The van der Waals surface area contributed by atoms with E-state index in [1.165, 1.54) is 0 Å². The maximum atomic E-state index is 12.5. The smallest absolute Gasteiger partial charge is 0.328 e. The molecule has 0 saturated carbocycles. The third-order valence-electron chi connectivity index (χ3n) is 3.59. The van der Waals surface area contributed by atoms with Crippen LogP contribution < -0.4 is 21.7 Å². The highest BCUT2D eigenvalue weighted by atomic mass is 16.4. The van der Waals surface area contributed by atoms with Gasteiger partial charge in [-0.15, -0.1) is 0 Å². The van der Waals surface area contributed by atoms with E-state index in [1.807, 2.05) is 13.8 Å². The molecular weight excluding hydrogens is 344 g/mol. The molecule has 0 fully saturated rings. The van der Waals surface area contributed by atoms with E-state index in [0.29, 0.717) is 6.42 Å². The second-order valence-corrected chi connectivity index (χ2v) is 6.77. The molecule has 150 valence electrons. The van der Waals surface area contributed by atoms with E-state index in [1.54, 1.807) is 13.8 Å². The van der Waals surface area contributed by atoms with E-state index in [0.717, 1.165) is 0 Å². The lowest BCUT2D eigenvalue weighted by molar-refractivity contribution is -0.143. The Morgan fingerprint density at radius 1 is 0.923 bits per heavy atom. The standard InChI is InChI=1S/C16H30N4O6/c1-8(2)5-10(18-12(22)6-17)14(23)20-13(9(3)4)15(24)19-11(7-21)16(25)26/h8-11,13,21H,5-7,17H2,1-4H3,(H,18,22)(H,19,24)(H,20,23)(H,25,26). The number of rotatable bonds is 11. The van der Waals surface area contributed by atoms with Crippen molar-refractivity contribution in [2.24, 2.45) is 17.6 Å². The summed E-state index contributed by atoms with van der Waals surface area (Å²) in [4.78, 5) is 47.3. The summed E-state index contributed by atoms with van der Waals surface area (Å²) in [6.07, 6.45) is 0.346. The molecule has 0 saturated heterocycles. The highest BCUT2D eigenvalue weighted by Crippen LogP contribution is 2.08. The van der Waals surface area contributed by atoms with Gasteiger partial charge in [0.05, 0.1) is 13.2 Å². The van der Waals surface area contributed by atoms with Crippen LogP contribution in [0.15, 0.2) is 0 Å². The number of aliphatic carboxylic acids is 1. The Bertz CT molecular complexity index is 509. The lowest BCUT2D eigenvalue weighted by Crippen LogP contribution is -2.58. The van der Waals surface area contributed by atoms with Crippen LogP contribution in [0.3, 0.4) is 0 Å². The number of aliphatic hydroxyl groups is 1. The molecule has 0 rings (SSSR count). The number of hydrogen-bond donors (Lipinski definition) is 6. The van der Waals surface area contributed by atoms with Gasteiger partial charge in [-0.1, -0.05) is 27.7 Å². The van der Waals surface area contributed by atoms with Crippen LogP contribution in [-0.2, 0) is 19.2 Å². The maximum Gasteiger partial charge on any atom is 0.328 e. The van der Waals surface area contributed by atoms with Crippen molar-refractivity contribution in [3.63, 3.8) is 0 Å². The van der Waals surface area contributed by atoms with Crippen LogP contribution in [-0.4, -0.2) is 65.2 Å². The van der Waals surface area contributed by atoms with E-state index < -0.39 is 48.4 Å². The average molecular weight is 374 g/mol. The Kier molecular flexibility index (Phi) is 10.5. The molecule has 0 spiro atoms. The van der Waals surface area contributed by atoms with Gasteiger partial charge < -0.3 is 31.9 Å². The molecule has 0 heterocycles. The van der Waals surface area contributed by atoms with Gasteiger partial charge in [-0.2, -0.15) is 0 Å². The third-order valence-corrected chi connectivity index (χ3v) is 3.59. The molecule has 0 bridgehead atoms. The third kappa shape index (κ3) is 8.26. The van der Waals surface area contributed by atoms with E-state index in [-0.39, 0.29) is 18.4 Å². The van der Waals surface area contributed by atoms with Crippen molar-refractivity contribution in [1.82, 2.24) is 16.0 Å². The summed E-state index contributed by atoms with van der Waals surface area (Å²) in [5.41, 5.74) is 5.26. The molecule has 10 nitrogen and oxygen atoms in total. The SMILES string of the molecule is CC(C)CC(NC(=O)CN)C(=O)NC(C(=O)NC(CO)C(=O)O)C(C)C. The molecule has 7 N–H and O–H groups in total. The summed E-state index contributed by atoms with van der Waals surface area (Å²) < 4.78 is 0. The average Bonchev–Trinajstić information content (AvgIpc) is 2.55. The van der Waals surface area contributed by atoms with Crippen LogP contribution in [0.25, 0.3) is 0 Å². The number of carbonyl (C=O) groups is 4. The molecule has 0 radical (unpaired) electrons. The Morgan fingerprint density at radius 2 is 1.50 bits per heavy atom. The zero-order valence-corrected chi connectivity index (χ0v) is 15.6. The predicted octanol–water partition coefficient (Wildman–Crippen LogP) is -1.82. The monoisotopic (exact) mass is 374 g/mol. The zero-order chi connectivity index (χ0) is 20.4. The summed E-state index contributed by atoms with van der Waals surface area (Å²) in [7, 11) is 0. The number of nitrogens with two attached hydrogens (primary N) is 1. The largest absolute Gasteiger partial charge is 0.480 e. The van der Waals surface area contributed by atoms with E-state index >= 15 is 0 Å². The van der Waals surface area contributed by atoms with Crippen LogP contribution in [0.1, 0.15) is 34.1 Å². The minimum Gasteiger partial charge on any atom is -0.480 e. The number of carboxylic acid groups (broad SMARTS) is 1. The van der Waals surface area contributed by atoms with Crippen molar-refractivity contribution in [1.29, 1.82) is 0 Å². The molecule has 3 atom stereocenters. The van der Waals surface area contributed by atoms with Crippen LogP contribution in [0.2, 0.25) is 0 Å². The molecule has 3 amide bonds. The lowest BCUT2D eigenvalue weighted by Gasteiger charge is -2.26. The van der Waals surface area contributed by atoms with E-state index in [2.05, 4.69) is 16.0 Å². The Labute approximate surface area is 152 Å². The summed E-state index contributed by atoms with van der Waals surface area (Å²) in [5, 5.41) is 25.2. The molecule has 26 heavy (non-hydrogen) atoms. The molecule has 0 aromatic carbocycles. The minimum atomic E-state index is -1.47. The summed E-state index contributed by atoms with van der Waals surface area (Å²) >= 11 is 0. The molecular formula is C16H30N4O6. The summed E-state index contributed by atoms with van der Waals surface area (Å²) in [6.45, 7) is 6.06. The highest BCUT2D eigenvalue weighted by molar-refractivity contribution is 5.93. The van der Waals surface area contributed by atoms with Crippen molar-refractivity contribution in [3.05, 3.63) is 0 Å². The fourth-order valence-corrected chi connectivity index (χ4v) is 2.19. The molecule has 0 aliphatic carbocycles. The molecule has 3 unspecified atom stereocenters. The van der Waals surface area contributed by atoms with Gasteiger partial charge in [-0.05, 0) is 18.3 Å². The molecule has 0 aromatic rings. The summed E-state index contributed by atoms with van der Waals surface area (Å²) in [6, 6.07) is -3.36. The minimum absolute atomic E-state index is 0.0981. The second-order valence-electron chi connectivity index (χ2n) is 6.77.